The van der Waals surface area contributed by atoms with Crippen molar-refractivity contribution in [3.63, 3.8) is 0 Å². The molecule has 106 valence electrons. The van der Waals surface area contributed by atoms with E-state index in [1.54, 1.807) is 0 Å². The summed E-state index contributed by atoms with van der Waals surface area (Å²) in [5, 5.41) is 0. The van der Waals surface area contributed by atoms with Crippen LogP contribution in [0.15, 0.2) is 30.3 Å². The molecule has 0 atom stereocenters. The lowest BCUT2D eigenvalue weighted by Crippen LogP contribution is -2.38. The van der Waals surface area contributed by atoms with Crippen molar-refractivity contribution in [2.24, 2.45) is 11.3 Å². The Kier molecular flexibility index (Phi) is 5.74. The van der Waals surface area contributed by atoms with Gasteiger partial charge in [0, 0.05) is 17.5 Å². The molecule has 0 aliphatic carbocycles. The fraction of sp³-hybridized carbons (Fsp3) is 0.588. The Morgan fingerprint density at radius 3 is 2.32 bits per heavy atom. The molecule has 0 fully saturated rings. The monoisotopic (exact) mass is 261 g/mol. The first-order valence-electron chi connectivity index (χ1n) is 7.11. The standard InChI is InChI=1S/C17H27NO/c1-14(2)11-12-18(5)13-17(3,4)16(19)15-9-7-6-8-10-15/h6-10,14H,11-13H2,1-5H3. The molecule has 0 heterocycles. The van der Waals surface area contributed by atoms with Gasteiger partial charge >= 0.3 is 0 Å². The van der Waals surface area contributed by atoms with Crippen LogP contribution in [0.4, 0.5) is 0 Å². The molecule has 0 unspecified atom stereocenters. The van der Waals surface area contributed by atoms with Crippen molar-refractivity contribution in [3.05, 3.63) is 35.9 Å². The van der Waals surface area contributed by atoms with Crippen LogP contribution in [-0.2, 0) is 0 Å². The highest BCUT2D eigenvalue weighted by molar-refractivity contribution is 6.00. The third-order valence-corrected chi connectivity index (χ3v) is 3.40. The third-order valence-electron chi connectivity index (χ3n) is 3.40. The predicted octanol–water partition coefficient (Wildman–Crippen LogP) is 3.87. The number of Topliss-reactive ketones (excluding diaryl/α,β-unsaturated/α-hetero) is 1. The van der Waals surface area contributed by atoms with Gasteiger partial charge in [-0.15, -0.1) is 0 Å². The number of hydrogen-bond donors (Lipinski definition) is 0. The molecule has 0 aromatic heterocycles. The van der Waals surface area contributed by atoms with Gasteiger partial charge in [0.05, 0.1) is 0 Å². The van der Waals surface area contributed by atoms with Crippen molar-refractivity contribution in [1.29, 1.82) is 0 Å². The van der Waals surface area contributed by atoms with E-state index in [1.165, 1.54) is 6.42 Å². The van der Waals surface area contributed by atoms with Crippen molar-refractivity contribution in [1.82, 2.24) is 4.90 Å². The van der Waals surface area contributed by atoms with Crippen molar-refractivity contribution in [3.8, 4) is 0 Å². The van der Waals surface area contributed by atoms with Gasteiger partial charge in [-0.05, 0) is 25.9 Å². The van der Waals surface area contributed by atoms with E-state index in [0.717, 1.165) is 18.7 Å². The van der Waals surface area contributed by atoms with Crippen LogP contribution in [0.1, 0.15) is 44.5 Å². The Hall–Kier alpha value is -1.15. The average Bonchev–Trinajstić information content (AvgIpc) is 2.36. The molecule has 2 nitrogen and oxygen atoms in total. The summed E-state index contributed by atoms with van der Waals surface area (Å²) in [5.41, 5.74) is 0.470. The maximum atomic E-state index is 12.5. The van der Waals surface area contributed by atoms with Gasteiger partial charge in [0.25, 0.3) is 0 Å². The number of carbonyl (C=O) groups excluding carboxylic acids is 1. The summed E-state index contributed by atoms with van der Waals surface area (Å²) in [4.78, 5) is 14.8. The maximum Gasteiger partial charge on any atom is 0.169 e. The molecule has 0 saturated heterocycles. The van der Waals surface area contributed by atoms with Crippen molar-refractivity contribution in [2.75, 3.05) is 20.1 Å². The molecule has 0 radical (unpaired) electrons. The molecule has 0 aliphatic heterocycles. The fourth-order valence-electron chi connectivity index (χ4n) is 2.28. The summed E-state index contributed by atoms with van der Waals surface area (Å²) < 4.78 is 0. The zero-order valence-electron chi connectivity index (χ0n) is 12.9. The van der Waals surface area contributed by atoms with Gasteiger partial charge < -0.3 is 4.90 Å². The van der Waals surface area contributed by atoms with Gasteiger partial charge in [-0.1, -0.05) is 58.0 Å². The topological polar surface area (TPSA) is 20.3 Å². The molecule has 0 saturated carbocycles. The number of carbonyl (C=O) groups is 1. The molecule has 19 heavy (non-hydrogen) atoms. The van der Waals surface area contributed by atoms with Gasteiger partial charge in [0.15, 0.2) is 5.78 Å². The minimum atomic E-state index is -0.340. The summed E-state index contributed by atoms with van der Waals surface area (Å²) in [6.07, 6.45) is 1.17. The lowest BCUT2D eigenvalue weighted by atomic mass is 9.83. The van der Waals surface area contributed by atoms with E-state index in [0.29, 0.717) is 5.92 Å². The lowest BCUT2D eigenvalue weighted by molar-refractivity contribution is 0.0781. The largest absolute Gasteiger partial charge is 0.305 e. The smallest absolute Gasteiger partial charge is 0.169 e. The van der Waals surface area contributed by atoms with Crippen LogP contribution in [-0.4, -0.2) is 30.8 Å². The highest BCUT2D eigenvalue weighted by Crippen LogP contribution is 2.23. The molecule has 1 rings (SSSR count). The Labute approximate surface area is 117 Å². The van der Waals surface area contributed by atoms with Crippen molar-refractivity contribution in [2.45, 2.75) is 34.1 Å². The van der Waals surface area contributed by atoms with Gasteiger partial charge in [0.1, 0.15) is 0 Å². The van der Waals surface area contributed by atoms with E-state index in [2.05, 4.69) is 25.8 Å². The minimum Gasteiger partial charge on any atom is -0.305 e. The van der Waals surface area contributed by atoms with Crippen LogP contribution >= 0.6 is 0 Å². The first kappa shape index (κ1) is 15.9. The molecular weight excluding hydrogens is 234 g/mol. The van der Waals surface area contributed by atoms with E-state index in [-0.39, 0.29) is 11.2 Å². The van der Waals surface area contributed by atoms with Gasteiger partial charge in [-0.3, -0.25) is 4.79 Å². The lowest BCUT2D eigenvalue weighted by Gasteiger charge is -2.29. The predicted molar refractivity (Wildman–Crippen MR) is 81.5 cm³/mol. The van der Waals surface area contributed by atoms with E-state index in [4.69, 9.17) is 0 Å². The second-order valence-electron chi connectivity index (χ2n) is 6.50. The Morgan fingerprint density at radius 2 is 1.79 bits per heavy atom. The maximum absolute atomic E-state index is 12.5. The summed E-state index contributed by atoms with van der Waals surface area (Å²) in [7, 11) is 2.10. The zero-order chi connectivity index (χ0) is 14.5. The number of rotatable bonds is 7. The second kappa shape index (κ2) is 6.85. The summed E-state index contributed by atoms with van der Waals surface area (Å²) in [6.45, 7) is 10.4. The van der Waals surface area contributed by atoms with Crippen LogP contribution in [0.5, 0.6) is 0 Å². The van der Waals surface area contributed by atoms with E-state index >= 15 is 0 Å². The second-order valence-corrected chi connectivity index (χ2v) is 6.50. The normalized spacial score (nSPS) is 12.2. The number of hydrogen-bond acceptors (Lipinski definition) is 2. The van der Waals surface area contributed by atoms with Crippen LogP contribution in [0.25, 0.3) is 0 Å². The molecule has 0 aliphatic rings. The highest BCUT2D eigenvalue weighted by Gasteiger charge is 2.29. The molecular formula is C17H27NO. The van der Waals surface area contributed by atoms with Gasteiger partial charge in [0.2, 0.25) is 0 Å². The quantitative estimate of drug-likeness (QED) is 0.694. The SMILES string of the molecule is CC(C)CCN(C)CC(C)(C)C(=O)c1ccccc1. The van der Waals surface area contributed by atoms with Gasteiger partial charge in [-0.25, -0.2) is 0 Å². The van der Waals surface area contributed by atoms with Crippen molar-refractivity contribution < 1.29 is 4.79 Å². The molecule has 0 amide bonds. The van der Waals surface area contributed by atoms with E-state index in [9.17, 15) is 4.79 Å². The third kappa shape index (κ3) is 5.15. The summed E-state index contributed by atoms with van der Waals surface area (Å²) >= 11 is 0. The minimum absolute atomic E-state index is 0.226. The van der Waals surface area contributed by atoms with Crippen LogP contribution in [0, 0.1) is 11.3 Å². The molecule has 1 aromatic rings. The van der Waals surface area contributed by atoms with E-state index < -0.39 is 0 Å². The zero-order valence-corrected chi connectivity index (χ0v) is 12.9. The Bertz CT molecular complexity index is 395. The van der Waals surface area contributed by atoms with Gasteiger partial charge in [-0.2, -0.15) is 0 Å². The molecule has 1 aromatic carbocycles. The Balaban J connectivity index is 2.62. The molecule has 2 heteroatoms. The first-order valence-corrected chi connectivity index (χ1v) is 7.11. The molecule has 0 bridgehead atoms. The van der Waals surface area contributed by atoms with Crippen LogP contribution in [0.3, 0.4) is 0 Å². The average molecular weight is 261 g/mol. The van der Waals surface area contributed by atoms with Crippen LogP contribution < -0.4 is 0 Å². The summed E-state index contributed by atoms with van der Waals surface area (Å²) in [6, 6.07) is 9.59. The fourth-order valence-corrected chi connectivity index (χ4v) is 2.28. The molecule has 0 N–H and O–H groups in total. The summed E-state index contributed by atoms with van der Waals surface area (Å²) in [5.74, 6) is 0.930. The number of ketones is 1. The van der Waals surface area contributed by atoms with Crippen LogP contribution in [0.2, 0.25) is 0 Å². The van der Waals surface area contributed by atoms with Crippen molar-refractivity contribution >= 4 is 5.78 Å². The number of benzene rings is 1. The number of nitrogens with zero attached hydrogens (tertiary/aromatic N) is 1. The first-order chi connectivity index (χ1) is 8.83. The van der Waals surface area contributed by atoms with E-state index in [1.807, 2.05) is 44.2 Å². The Morgan fingerprint density at radius 1 is 1.21 bits per heavy atom. The molecule has 0 spiro atoms. The highest BCUT2D eigenvalue weighted by atomic mass is 16.1.